The van der Waals surface area contributed by atoms with Crippen molar-refractivity contribution in [2.24, 2.45) is 23.5 Å². The molecule has 0 fully saturated rings. The molecule has 0 radical (unpaired) electrons. The normalized spacial score (nSPS) is 11.5. The molecule has 3 heteroatoms. The van der Waals surface area contributed by atoms with E-state index in [0.29, 0.717) is 24.3 Å². The van der Waals surface area contributed by atoms with Crippen LogP contribution in [0.25, 0.3) is 0 Å². The molecule has 3 nitrogen and oxygen atoms in total. The maximum absolute atomic E-state index is 5.58. The number of hydrogen-bond donors (Lipinski definition) is 2. The van der Waals surface area contributed by atoms with Crippen molar-refractivity contribution in [3.05, 3.63) is 23.9 Å². The molecule has 1 aromatic rings. The number of nitrogens with two attached hydrogens (primary N) is 1. The molecule has 0 aliphatic rings. The lowest BCUT2D eigenvalue weighted by Gasteiger charge is -2.25. The lowest BCUT2D eigenvalue weighted by molar-refractivity contribution is 0.304. The maximum Gasteiger partial charge on any atom is 0.126 e. The van der Waals surface area contributed by atoms with Crippen molar-refractivity contribution in [1.82, 2.24) is 4.98 Å². The van der Waals surface area contributed by atoms with Crippen LogP contribution >= 0.6 is 0 Å². The lowest BCUT2D eigenvalue weighted by atomic mass is 9.85. The zero-order valence-corrected chi connectivity index (χ0v) is 11.4. The summed E-state index contributed by atoms with van der Waals surface area (Å²) in [6, 6.07) is 5.95. The predicted molar refractivity (Wildman–Crippen MR) is 73.8 cm³/mol. The van der Waals surface area contributed by atoms with E-state index in [0.717, 1.165) is 18.1 Å². The van der Waals surface area contributed by atoms with Crippen LogP contribution in [-0.2, 0) is 6.54 Å². The summed E-state index contributed by atoms with van der Waals surface area (Å²) in [5, 5.41) is 3.42. The summed E-state index contributed by atoms with van der Waals surface area (Å²) in [7, 11) is 0. The highest BCUT2D eigenvalue weighted by molar-refractivity contribution is 5.35. The highest BCUT2D eigenvalue weighted by Crippen LogP contribution is 2.20. The standard InChI is InChI=1S/C14H25N3/c1-10(2)13(11(3)4)9-16-14-7-5-6-12(8-15)17-14/h5-7,10-11,13H,8-9,15H2,1-4H3,(H,16,17). The Morgan fingerprint density at radius 2 is 1.82 bits per heavy atom. The SMILES string of the molecule is CC(C)C(CNc1cccc(CN)n1)C(C)C. The highest BCUT2D eigenvalue weighted by Gasteiger charge is 2.17. The Bertz CT molecular complexity index is 326. The molecule has 96 valence electrons. The maximum atomic E-state index is 5.58. The number of pyridine rings is 1. The summed E-state index contributed by atoms with van der Waals surface area (Å²) >= 11 is 0. The van der Waals surface area contributed by atoms with Crippen molar-refractivity contribution >= 4 is 5.82 Å². The van der Waals surface area contributed by atoms with E-state index in [1.807, 2.05) is 18.2 Å². The van der Waals surface area contributed by atoms with Crippen molar-refractivity contribution in [1.29, 1.82) is 0 Å². The van der Waals surface area contributed by atoms with Crippen LogP contribution in [0.3, 0.4) is 0 Å². The smallest absolute Gasteiger partial charge is 0.126 e. The molecule has 1 aromatic heterocycles. The molecule has 0 bridgehead atoms. The van der Waals surface area contributed by atoms with E-state index in [-0.39, 0.29) is 0 Å². The first-order valence-corrected chi connectivity index (χ1v) is 6.44. The van der Waals surface area contributed by atoms with Crippen LogP contribution in [0.15, 0.2) is 18.2 Å². The van der Waals surface area contributed by atoms with Gasteiger partial charge in [-0.05, 0) is 29.9 Å². The predicted octanol–water partition coefficient (Wildman–Crippen LogP) is 2.88. The van der Waals surface area contributed by atoms with Crippen LogP contribution in [0.1, 0.15) is 33.4 Å². The summed E-state index contributed by atoms with van der Waals surface area (Å²) in [6.07, 6.45) is 0. The van der Waals surface area contributed by atoms with E-state index in [2.05, 4.69) is 38.0 Å². The number of rotatable bonds is 6. The van der Waals surface area contributed by atoms with E-state index in [1.165, 1.54) is 0 Å². The molecule has 0 atom stereocenters. The largest absolute Gasteiger partial charge is 0.370 e. The fraction of sp³-hybridized carbons (Fsp3) is 0.643. The summed E-state index contributed by atoms with van der Waals surface area (Å²) in [5.74, 6) is 2.96. The number of nitrogens with zero attached hydrogens (tertiary/aromatic N) is 1. The minimum Gasteiger partial charge on any atom is -0.370 e. The molecule has 3 N–H and O–H groups in total. The van der Waals surface area contributed by atoms with Gasteiger partial charge in [-0.3, -0.25) is 0 Å². The number of aromatic nitrogens is 1. The topological polar surface area (TPSA) is 50.9 Å². The minimum atomic E-state index is 0.493. The van der Waals surface area contributed by atoms with Gasteiger partial charge < -0.3 is 11.1 Å². The third kappa shape index (κ3) is 4.35. The molecule has 1 heterocycles. The van der Waals surface area contributed by atoms with Gasteiger partial charge in [0.25, 0.3) is 0 Å². The van der Waals surface area contributed by atoms with Crippen molar-refractivity contribution in [3.63, 3.8) is 0 Å². The molecule has 0 saturated carbocycles. The molecule has 0 amide bonds. The van der Waals surface area contributed by atoms with Crippen molar-refractivity contribution in [2.45, 2.75) is 34.2 Å². The molecule has 17 heavy (non-hydrogen) atoms. The molecule has 0 aliphatic carbocycles. The lowest BCUT2D eigenvalue weighted by Crippen LogP contribution is -2.25. The summed E-state index contributed by atoms with van der Waals surface area (Å²) in [4.78, 5) is 4.45. The van der Waals surface area contributed by atoms with Gasteiger partial charge in [-0.25, -0.2) is 4.98 Å². The molecule has 0 saturated heterocycles. The van der Waals surface area contributed by atoms with Crippen molar-refractivity contribution in [2.75, 3.05) is 11.9 Å². The highest BCUT2D eigenvalue weighted by atomic mass is 15.0. The first-order chi connectivity index (χ1) is 8.04. The molecular formula is C14H25N3. The van der Waals surface area contributed by atoms with Gasteiger partial charge >= 0.3 is 0 Å². The van der Waals surface area contributed by atoms with Gasteiger partial charge in [0.2, 0.25) is 0 Å². The van der Waals surface area contributed by atoms with Gasteiger partial charge in [-0.15, -0.1) is 0 Å². The first kappa shape index (κ1) is 14.0. The van der Waals surface area contributed by atoms with Crippen LogP contribution in [-0.4, -0.2) is 11.5 Å². The fourth-order valence-electron chi connectivity index (χ4n) is 2.16. The molecule has 0 aliphatic heterocycles. The van der Waals surface area contributed by atoms with E-state index in [4.69, 9.17) is 5.73 Å². The van der Waals surface area contributed by atoms with Gasteiger partial charge in [0.1, 0.15) is 5.82 Å². The van der Waals surface area contributed by atoms with E-state index in [9.17, 15) is 0 Å². The van der Waals surface area contributed by atoms with Crippen molar-refractivity contribution < 1.29 is 0 Å². The second-order valence-electron chi connectivity index (χ2n) is 5.25. The quantitative estimate of drug-likeness (QED) is 0.797. The van der Waals surface area contributed by atoms with Gasteiger partial charge in [0.15, 0.2) is 0 Å². The summed E-state index contributed by atoms with van der Waals surface area (Å²) in [6.45, 7) is 10.6. The van der Waals surface area contributed by atoms with Crippen LogP contribution in [0.2, 0.25) is 0 Å². The number of hydrogen-bond acceptors (Lipinski definition) is 3. The molecular weight excluding hydrogens is 210 g/mol. The Morgan fingerprint density at radius 1 is 1.18 bits per heavy atom. The molecule has 1 rings (SSSR count). The second kappa shape index (κ2) is 6.60. The van der Waals surface area contributed by atoms with Gasteiger partial charge in [0.05, 0.1) is 5.69 Å². The Labute approximate surface area is 105 Å². The zero-order chi connectivity index (χ0) is 12.8. The zero-order valence-electron chi connectivity index (χ0n) is 11.4. The van der Waals surface area contributed by atoms with E-state index < -0.39 is 0 Å². The fourth-order valence-corrected chi connectivity index (χ4v) is 2.16. The number of anilines is 1. The second-order valence-corrected chi connectivity index (χ2v) is 5.25. The Morgan fingerprint density at radius 3 is 2.35 bits per heavy atom. The molecule has 0 unspecified atom stereocenters. The van der Waals surface area contributed by atoms with Crippen molar-refractivity contribution in [3.8, 4) is 0 Å². The van der Waals surface area contributed by atoms with Crippen LogP contribution in [0, 0.1) is 17.8 Å². The average Bonchev–Trinajstić information content (AvgIpc) is 2.28. The minimum absolute atomic E-state index is 0.493. The Kier molecular flexibility index (Phi) is 5.42. The molecule has 0 spiro atoms. The van der Waals surface area contributed by atoms with E-state index in [1.54, 1.807) is 0 Å². The van der Waals surface area contributed by atoms with Crippen LogP contribution < -0.4 is 11.1 Å². The average molecular weight is 235 g/mol. The monoisotopic (exact) mass is 235 g/mol. The van der Waals surface area contributed by atoms with E-state index >= 15 is 0 Å². The number of nitrogens with one attached hydrogen (secondary N) is 1. The third-order valence-corrected chi connectivity index (χ3v) is 3.25. The van der Waals surface area contributed by atoms with Crippen LogP contribution in [0.4, 0.5) is 5.82 Å². The summed E-state index contributed by atoms with van der Waals surface area (Å²) in [5.41, 5.74) is 6.51. The Balaban J connectivity index is 2.59. The van der Waals surface area contributed by atoms with Gasteiger partial charge in [-0.1, -0.05) is 33.8 Å². The molecule has 0 aromatic carbocycles. The first-order valence-electron chi connectivity index (χ1n) is 6.44. The van der Waals surface area contributed by atoms with Gasteiger partial charge in [0, 0.05) is 13.1 Å². The van der Waals surface area contributed by atoms with Crippen LogP contribution in [0.5, 0.6) is 0 Å². The Hall–Kier alpha value is -1.09. The van der Waals surface area contributed by atoms with Gasteiger partial charge in [-0.2, -0.15) is 0 Å². The summed E-state index contributed by atoms with van der Waals surface area (Å²) < 4.78 is 0. The third-order valence-electron chi connectivity index (χ3n) is 3.25.